The van der Waals surface area contributed by atoms with Crippen LogP contribution >= 0.6 is 11.3 Å². The molecule has 0 saturated carbocycles. The number of H-pyrrole nitrogens is 1. The molecule has 1 aliphatic heterocycles. The summed E-state index contributed by atoms with van der Waals surface area (Å²) >= 11 is 0.944. The lowest BCUT2D eigenvalue weighted by Gasteiger charge is -2.23. The Balaban J connectivity index is 1.36. The quantitative estimate of drug-likeness (QED) is 0.350. The summed E-state index contributed by atoms with van der Waals surface area (Å²) in [5.74, 6) is -2.15. The second-order valence-corrected chi connectivity index (χ2v) is 8.92. The monoisotopic (exact) mass is 429 g/mol. The molecule has 0 spiro atoms. The number of thiazole rings is 1. The number of aliphatic hydroxyl groups is 2. The molecule has 1 fully saturated rings. The van der Waals surface area contributed by atoms with Gasteiger partial charge in [0.05, 0.1) is 4.70 Å². The minimum Gasteiger partial charge on any atom is -0.506 e. The van der Waals surface area contributed by atoms with Gasteiger partial charge in [-0.05, 0) is 55.1 Å². The van der Waals surface area contributed by atoms with Crippen LogP contribution in [0.2, 0.25) is 0 Å². The van der Waals surface area contributed by atoms with E-state index in [2.05, 4.69) is 27.3 Å². The molecule has 0 bridgehead atoms. The van der Waals surface area contributed by atoms with E-state index in [0.29, 0.717) is 28.7 Å². The van der Waals surface area contributed by atoms with Crippen molar-refractivity contribution in [2.45, 2.75) is 38.1 Å². The highest BCUT2D eigenvalue weighted by Crippen LogP contribution is 2.29. The predicted octanol–water partition coefficient (Wildman–Crippen LogP) is 1.90. The smallest absolute Gasteiger partial charge is 0.305 e. The highest BCUT2D eigenvalue weighted by atomic mass is 32.1. The fraction of sp³-hybridized carbons (Fsp3) is 0.409. The van der Waals surface area contributed by atoms with Crippen LogP contribution in [0.15, 0.2) is 41.2 Å². The van der Waals surface area contributed by atoms with Gasteiger partial charge < -0.3 is 20.3 Å². The molecule has 4 rings (SSSR count). The van der Waals surface area contributed by atoms with Crippen LogP contribution in [0.5, 0.6) is 5.75 Å². The first-order valence-electron chi connectivity index (χ1n) is 10.2. The van der Waals surface area contributed by atoms with Crippen molar-refractivity contribution in [1.82, 2.24) is 15.2 Å². The van der Waals surface area contributed by atoms with Crippen LogP contribution in [0.3, 0.4) is 0 Å². The number of phenols is 1. The molecule has 0 amide bonds. The Morgan fingerprint density at radius 1 is 1.13 bits per heavy atom. The van der Waals surface area contributed by atoms with Crippen molar-refractivity contribution in [2.24, 2.45) is 0 Å². The van der Waals surface area contributed by atoms with E-state index >= 15 is 0 Å². The van der Waals surface area contributed by atoms with Gasteiger partial charge in [0.1, 0.15) is 11.3 Å². The van der Waals surface area contributed by atoms with Crippen molar-refractivity contribution >= 4 is 21.6 Å². The highest BCUT2D eigenvalue weighted by molar-refractivity contribution is 7.16. The maximum atomic E-state index is 11.6. The van der Waals surface area contributed by atoms with Crippen molar-refractivity contribution in [1.29, 1.82) is 0 Å². The number of benzene rings is 2. The standard InChI is InChI=1S/C22H27N3O4S/c26-18-7-6-17(20-19(18)24-21(27)30-20)13-22(28,29)23-9-8-15-4-3-5-16(12-15)14-25-10-1-2-11-25/h3-7,12,23,26,28-29H,1-2,8-11,13-14H2,(H,24,27). The highest BCUT2D eigenvalue weighted by Gasteiger charge is 2.25. The molecule has 0 radical (unpaired) electrons. The summed E-state index contributed by atoms with van der Waals surface area (Å²) < 4.78 is 0.531. The SMILES string of the molecule is O=c1[nH]c2c(O)ccc(CC(O)(O)NCCc3cccc(CN4CCCC4)c3)c2s1. The van der Waals surface area contributed by atoms with E-state index in [9.17, 15) is 20.1 Å². The second kappa shape index (κ2) is 8.87. The molecule has 0 unspecified atom stereocenters. The van der Waals surface area contributed by atoms with Crippen molar-refractivity contribution < 1.29 is 15.3 Å². The third-order valence-corrected chi connectivity index (χ3v) is 6.45. The van der Waals surface area contributed by atoms with Crippen molar-refractivity contribution in [2.75, 3.05) is 19.6 Å². The van der Waals surface area contributed by atoms with Crippen LogP contribution in [-0.4, -0.2) is 50.7 Å². The minimum absolute atomic E-state index is 0.0321. The number of nitrogens with zero attached hydrogens (tertiary/aromatic N) is 1. The summed E-state index contributed by atoms with van der Waals surface area (Å²) in [4.78, 5) is 16.4. The van der Waals surface area contributed by atoms with Crippen molar-refractivity contribution in [3.63, 3.8) is 0 Å². The fourth-order valence-electron chi connectivity index (χ4n) is 4.03. The van der Waals surface area contributed by atoms with Crippen LogP contribution in [0.4, 0.5) is 0 Å². The zero-order valence-electron chi connectivity index (χ0n) is 16.7. The molecule has 2 heterocycles. The Kier molecular flexibility index (Phi) is 6.21. The number of nitrogens with one attached hydrogen (secondary N) is 2. The van der Waals surface area contributed by atoms with Gasteiger partial charge in [0.2, 0.25) is 5.91 Å². The van der Waals surface area contributed by atoms with E-state index in [1.807, 2.05) is 12.1 Å². The van der Waals surface area contributed by atoms with Gasteiger partial charge >= 0.3 is 4.87 Å². The Morgan fingerprint density at radius 2 is 1.90 bits per heavy atom. The molecule has 1 saturated heterocycles. The molecule has 8 heteroatoms. The number of aromatic hydroxyl groups is 1. The molecular weight excluding hydrogens is 402 g/mol. The third-order valence-electron chi connectivity index (χ3n) is 5.49. The Hall–Kier alpha value is -2.23. The molecule has 7 nitrogen and oxygen atoms in total. The number of aromatic amines is 1. The summed E-state index contributed by atoms with van der Waals surface area (Å²) in [7, 11) is 0. The lowest BCUT2D eigenvalue weighted by atomic mass is 10.1. The summed E-state index contributed by atoms with van der Waals surface area (Å²) in [6.07, 6.45) is 3.10. The van der Waals surface area contributed by atoms with Gasteiger partial charge in [-0.2, -0.15) is 0 Å². The number of likely N-dealkylation sites (tertiary alicyclic amines) is 1. The van der Waals surface area contributed by atoms with E-state index in [0.717, 1.165) is 36.5 Å². The van der Waals surface area contributed by atoms with E-state index in [1.54, 1.807) is 6.07 Å². The summed E-state index contributed by atoms with van der Waals surface area (Å²) in [5.41, 5.74) is 3.33. The van der Waals surface area contributed by atoms with Gasteiger partial charge in [0.25, 0.3) is 0 Å². The molecular formula is C22H27N3O4S. The summed E-state index contributed by atoms with van der Waals surface area (Å²) in [6.45, 7) is 3.67. The van der Waals surface area contributed by atoms with Gasteiger partial charge in [-0.1, -0.05) is 41.7 Å². The minimum atomic E-state index is -2.12. The molecule has 5 N–H and O–H groups in total. The topological polar surface area (TPSA) is 109 Å². The first kappa shape index (κ1) is 21.0. The molecule has 30 heavy (non-hydrogen) atoms. The first-order valence-corrected chi connectivity index (χ1v) is 11.0. The van der Waals surface area contributed by atoms with E-state index in [1.165, 1.54) is 24.5 Å². The van der Waals surface area contributed by atoms with Gasteiger partial charge in [-0.3, -0.25) is 15.0 Å². The molecule has 0 atom stereocenters. The van der Waals surface area contributed by atoms with E-state index in [-0.39, 0.29) is 17.0 Å². The van der Waals surface area contributed by atoms with Gasteiger partial charge in [-0.25, -0.2) is 0 Å². The average molecular weight is 430 g/mol. The Morgan fingerprint density at radius 3 is 2.70 bits per heavy atom. The summed E-state index contributed by atoms with van der Waals surface area (Å²) in [6, 6.07) is 11.5. The third kappa shape index (κ3) is 5.08. The Labute approximate surface area is 178 Å². The van der Waals surface area contributed by atoms with Crippen molar-refractivity contribution in [3.8, 4) is 5.75 Å². The first-order chi connectivity index (χ1) is 14.4. The second-order valence-electron chi connectivity index (χ2n) is 7.94. The zero-order chi connectivity index (χ0) is 21.1. The molecule has 160 valence electrons. The maximum Gasteiger partial charge on any atom is 0.305 e. The number of phenolic OH excluding ortho intramolecular Hbond substituents is 1. The van der Waals surface area contributed by atoms with Gasteiger partial charge in [0, 0.05) is 19.5 Å². The van der Waals surface area contributed by atoms with Crippen LogP contribution in [-0.2, 0) is 19.4 Å². The molecule has 0 aliphatic carbocycles. The average Bonchev–Trinajstić information content (AvgIpc) is 3.34. The van der Waals surface area contributed by atoms with E-state index in [4.69, 9.17) is 0 Å². The number of hydrogen-bond donors (Lipinski definition) is 5. The maximum absolute atomic E-state index is 11.6. The fourth-order valence-corrected chi connectivity index (χ4v) is 4.90. The molecule has 3 aromatic rings. The van der Waals surface area contributed by atoms with Crippen LogP contribution < -0.4 is 10.2 Å². The predicted molar refractivity (Wildman–Crippen MR) is 118 cm³/mol. The summed E-state index contributed by atoms with van der Waals surface area (Å²) in [5, 5.41) is 33.5. The van der Waals surface area contributed by atoms with Crippen LogP contribution in [0.25, 0.3) is 10.2 Å². The number of fused-ring (bicyclic) bond motifs is 1. The largest absolute Gasteiger partial charge is 0.506 e. The number of rotatable bonds is 8. The van der Waals surface area contributed by atoms with Crippen LogP contribution in [0, 0.1) is 0 Å². The van der Waals surface area contributed by atoms with Gasteiger partial charge in [0.15, 0.2) is 0 Å². The van der Waals surface area contributed by atoms with Crippen molar-refractivity contribution in [3.05, 3.63) is 62.8 Å². The van der Waals surface area contributed by atoms with E-state index < -0.39 is 5.91 Å². The number of aromatic nitrogens is 1. The number of hydrogen-bond acceptors (Lipinski definition) is 7. The van der Waals surface area contributed by atoms with Gasteiger partial charge in [-0.15, -0.1) is 0 Å². The van der Waals surface area contributed by atoms with Crippen LogP contribution in [0.1, 0.15) is 29.5 Å². The Bertz CT molecular complexity index is 1070. The lowest BCUT2D eigenvalue weighted by molar-refractivity contribution is -0.183. The molecule has 1 aromatic heterocycles. The lowest BCUT2D eigenvalue weighted by Crippen LogP contribution is -2.47. The molecule has 1 aliphatic rings. The zero-order valence-corrected chi connectivity index (χ0v) is 17.5. The molecule has 2 aromatic carbocycles. The normalized spacial score (nSPS) is 15.3.